The first-order valence-electron chi connectivity index (χ1n) is 7.24. The first-order chi connectivity index (χ1) is 10.2. The maximum absolute atomic E-state index is 11.9. The van der Waals surface area contributed by atoms with Crippen LogP contribution in [0.1, 0.15) is 18.2 Å². The second-order valence-corrected chi connectivity index (χ2v) is 6.21. The number of thiophene rings is 1. The molecule has 1 unspecified atom stereocenters. The fraction of sp³-hybridized carbons (Fsp3) is 0.353. The van der Waals surface area contributed by atoms with Gasteiger partial charge in [0, 0.05) is 36.6 Å². The van der Waals surface area contributed by atoms with E-state index in [4.69, 9.17) is 0 Å². The van der Waals surface area contributed by atoms with E-state index in [1.165, 1.54) is 4.88 Å². The molecule has 0 bridgehead atoms. The summed E-state index contributed by atoms with van der Waals surface area (Å²) in [6.07, 6.45) is 1.38. The van der Waals surface area contributed by atoms with Gasteiger partial charge in [0.05, 0.1) is 0 Å². The first kappa shape index (κ1) is 15.6. The van der Waals surface area contributed by atoms with Crippen LogP contribution in [-0.2, 0) is 11.2 Å². The monoisotopic (exact) mass is 302 g/mol. The number of hydrogen-bond donors (Lipinski definition) is 1. The van der Waals surface area contributed by atoms with Gasteiger partial charge in [-0.2, -0.15) is 0 Å². The zero-order valence-corrected chi connectivity index (χ0v) is 13.4. The number of aryl methyl sites for hydroxylation is 1. The van der Waals surface area contributed by atoms with Crippen LogP contribution in [0, 0.1) is 0 Å². The third-order valence-electron chi connectivity index (χ3n) is 3.60. The zero-order valence-electron chi connectivity index (χ0n) is 12.6. The Morgan fingerprint density at radius 3 is 2.67 bits per heavy atom. The molecular weight excluding hydrogens is 280 g/mol. The van der Waals surface area contributed by atoms with Crippen LogP contribution < -0.4 is 10.2 Å². The van der Waals surface area contributed by atoms with Gasteiger partial charge in [-0.05, 0) is 36.9 Å². The topological polar surface area (TPSA) is 32.3 Å². The van der Waals surface area contributed by atoms with E-state index < -0.39 is 0 Å². The van der Waals surface area contributed by atoms with Crippen LogP contribution in [0.4, 0.5) is 5.69 Å². The Morgan fingerprint density at radius 2 is 2.00 bits per heavy atom. The van der Waals surface area contributed by atoms with Gasteiger partial charge in [0.2, 0.25) is 5.91 Å². The Hall–Kier alpha value is -1.81. The lowest BCUT2D eigenvalue weighted by atomic mass is 10.2. The van der Waals surface area contributed by atoms with Crippen molar-refractivity contribution >= 4 is 22.9 Å². The van der Waals surface area contributed by atoms with Gasteiger partial charge in [-0.15, -0.1) is 11.3 Å². The van der Waals surface area contributed by atoms with E-state index in [0.29, 0.717) is 13.0 Å². The van der Waals surface area contributed by atoms with Gasteiger partial charge in [0.15, 0.2) is 0 Å². The lowest BCUT2D eigenvalue weighted by Gasteiger charge is -2.27. The van der Waals surface area contributed by atoms with E-state index >= 15 is 0 Å². The first-order valence-corrected chi connectivity index (χ1v) is 8.11. The molecule has 0 saturated carbocycles. The lowest BCUT2D eigenvalue weighted by molar-refractivity contribution is -0.121. The van der Waals surface area contributed by atoms with Gasteiger partial charge in [0.1, 0.15) is 0 Å². The summed E-state index contributed by atoms with van der Waals surface area (Å²) >= 11 is 1.70. The van der Waals surface area contributed by atoms with Crippen LogP contribution >= 0.6 is 11.3 Å². The highest BCUT2D eigenvalue weighted by Gasteiger charge is 2.11. The lowest BCUT2D eigenvalue weighted by Crippen LogP contribution is -2.40. The molecule has 0 spiro atoms. The average molecular weight is 302 g/mol. The van der Waals surface area contributed by atoms with Crippen LogP contribution in [0.15, 0.2) is 47.8 Å². The summed E-state index contributed by atoms with van der Waals surface area (Å²) in [5.74, 6) is 0.122. The molecule has 0 aliphatic rings. The molecule has 0 saturated heterocycles. The summed E-state index contributed by atoms with van der Waals surface area (Å²) in [7, 11) is 2.05. The average Bonchev–Trinajstić information content (AvgIpc) is 3.04. The number of amides is 1. The summed E-state index contributed by atoms with van der Waals surface area (Å²) in [5, 5.41) is 5.07. The van der Waals surface area contributed by atoms with Gasteiger partial charge < -0.3 is 10.2 Å². The summed E-state index contributed by atoms with van der Waals surface area (Å²) in [5.41, 5.74) is 1.16. The van der Waals surface area contributed by atoms with Crippen LogP contribution in [-0.4, -0.2) is 25.5 Å². The highest BCUT2D eigenvalue weighted by molar-refractivity contribution is 7.09. The van der Waals surface area contributed by atoms with Crippen molar-refractivity contribution in [1.29, 1.82) is 0 Å². The largest absolute Gasteiger partial charge is 0.370 e. The SMILES string of the molecule is CC(CNC(=O)CCc1cccs1)N(C)c1ccccc1. The second kappa shape index (κ2) is 7.84. The standard InChI is InChI=1S/C17H22N2OS/c1-14(19(2)15-7-4-3-5-8-15)13-18-17(20)11-10-16-9-6-12-21-16/h3-9,12,14H,10-11,13H2,1-2H3,(H,18,20). The molecule has 2 rings (SSSR count). The highest BCUT2D eigenvalue weighted by atomic mass is 32.1. The Kier molecular flexibility index (Phi) is 5.81. The Morgan fingerprint density at radius 1 is 1.24 bits per heavy atom. The van der Waals surface area contributed by atoms with Crippen molar-refractivity contribution in [3.8, 4) is 0 Å². The normalized spacial score (nSPS) is 11.9. The summed E-state index contributed by atoms with van der Waals surface area (Å²) in [4.78, 5) is 15.3. The minimum absolute atomic E-state index is 0.122. The van der Waals surface area contributed by atoms with E-state index in [1.54, 1.807) is 11.3 Å². The van der Waals surface area contributed by atoms with Crippen LogP contribution in [0.25, 0.3) is 0 Å². The van der Waals surface area contributed by atoms with E-state index in [-0.39, 0.29) is 11.9 Å². The molecule has 0 radical (unpaired) electrons. The smallest absolute Gasteiger partial charge is 0.220 e. The van der Waals surface area contributed by atoms with Crippen LogP contribution in [0.5, 0.6) is 0 Å². The van der Waals surface area contributed by atoms with Gasteiger partial charge in [-0.1, -0.05) is 24.3 Å². The molecule has 112 valence electrons. The minimum atomic E-state index is 0.122. The Bertz CT molecular complexity index is 539. The van der Waals surface area contributed by atoms with Crippen molar-refractivity contribution in [2.45, 2.75) is 25.8 Å². The quantitative estimate of drug-likeness (QED) is 0.851. The summed E-state index contributed by atoms with van der Waals surface area (Å²) in [6, 6.07) is 14.6. The molecule has 2 aromatic rings. The molecule has 0 aliphatic carbocycles. The van der Waals surface area contributed by atoms with Crippen molar-refractivity contribution in [3.05, 3.63) is 52.7 Å². The fourth-order valence-corrected chi connectivity index (χ4v) is 2.81. The van der Waals surface area contributed by atoms with E-state index in [0.717, 1.165) is 12.1 Å². The van der Waals surface area contributed by atoms with Crippen molar-refractivity contribution in [2.24, 2.45) is 0 Å². The number of carbonyl (C=O) groups is 1. The number of nitrogens with zero attached hydrogens (tertiary/aromatic N) is 1. The summed E-state index contributed by atoms with van der Waals surface area (Å²) < 4.78 is 0. The number of rotatable bonds is 7. The molecule has 0 fully saturated rings. The number of para-hydroxylation sites is 1. The summed E-state index contributed by atoms with van der Waals surface area (Å²) in [6.45, 7) is 2.78. The molecule has 1 heterocycles. The van der Waals surface area contributed by atoms with Crippen molar-refractivity contribution in [3.63, 3.8) is 0 Å². The van der Waals surface area contributed by atoms with Crippen LogP contribution in [0.2, 0.25) is 0 Å². The van der Waals surface area contributed by atoms with Gasteiger partial charge >= 0.3 is 0 Å². The molecule has 1 aromatic heterocycles. The maximum Gasteiger partial charge on any atom is 0.220 e. The van der Waals surface area contributed by atoms with E-state index in [1.807, 2.05) is 29.6 Å². The van der Waals surface area contributed by atoms with E-state index in [2.05, 4.69) is 42.4 Å². The predicted octanol–water partition coefficient (Wildman–Crippen LogP) is 3.32. The molecule has 3 nitrogen and oxygen atoms in total. The van der Waals surface area contributed by atoms with E-state index in [9.17, 15) is 4.79 Å². The molecule has 21 heavy (non-hydrogen) atoms. The number of benzene rings is 1. The maximum atomic E-state index is 11.9. The molecule has 1 amide bonds. The van der Waals surface area contributed by atoms with Crippen molar-refractivity contribution in [1.82, 2.24) is 5.32 Å². The third kappa shape index (κ3) is 4.90. The second-order valence-electron chi connectivity index (χ2n) is 5.18. The fourth-order valence-electron chi connectivity index (χ4n) is 2.10. The number of hydrogen-bond acceptors (Lipinski definition) is 3. The number of nitrogens with one attached hydrogen (secondary N) is 1. The molecule has 4 heteroatoms. The van der Waals surface area contributed by atoms with Crippen molar-refractivity contribution < 1.29 is 4.79 Å². The Balaban J connectivity index is 1.73. The zero-order chi connectivity index (χ0) is 15.1. The number of likely N-dealkylation sites (N-methyl/N-ethyl adjacent to an activating group) is 1. The third-order valence-corrected chi connectivity index (χ3v) is 4.53. The van der Waals surface area contributed by atoms with Gasteiger partial charge in [0.25, 0.3) is 0 Å². The molecule has 1 atom stereocenters. The molecule has 0 aliphatic heterocycles. The number of carbonyl (C=O) groups excluding carboxylic acids is 1. The minimum Gasteiger partial charge on any atom is -0.370 e. The molecule has 1 N–H and O–H groups in total. The van der Waals surface area contributed by atoms with Crippen LogP contribution in [0.3, 0.4) is 0 Å². The highest BCUT2D eigenvalue weighted by Crippen LogP contribution is 2.14. The van der Waals surface area contributed by atoms with Gasteiger partial charge in [-0.25, -0.2) is 0 Å². The molecular formula is C17H22N2OS. The van der Waals surface area contributed by atoms with Crippen molar-refractivity contribution in [2.75, 3.05) is 18.5 Å². The number of anilines is 1. The van der Waals surface area contributed by atoms with Gasteiger partial charge in [-0.3, -0.25) is 4.79 Å². The Labute approximate surface area is 130 Å². The predicted molar refractivity (Wildman–Crippen MR) is 90.0 cm³/mol. The molecule has 1 aromatic carbocycles.